The van der Waals surface area contributed by atoms with Crippen LogP contribution in [0.2, 0.25) is 0 Å². The van der Waals surface area contributed by atoms with Crippen molar-refractivity contribution in [2.75, 3.05) is 7.05 Å². The normalized spacial score (nSPS) is 10.9. The molecule has 62 valence electrons. The van der Waals surface area contributed by atoms with Crippen molar-refractivity contribution < 1.29 is 4.42 Å². The van der Waals surface area contributed by atoms with E-state index in [9.17, 15) is 0 Å². The summed E-state index contributed by atoms with van der Waals surface area (Å²) in [7, 11) is 1.87. The second kappa shape index (κ2) is 3.53. The first kappa shape index (κ1) is 8.27. The second-order valence-corrected chi connectivity index (χ2v) is 2.84. The topological polar surface area (TPSA) is 38.1 Å². The fourth-order valence-corrected chi connectivity index (χ4v) is 0.824. The summed E-state index contributed by atoms with van der Waals surface area (Å²) in [6.45, 7) is 4.88. The molecule has 1 rings (SSSR count). The van der Waals surface area contributed by atoms with Crippen LogP contribution in [0.4, 0.5) is 0 Å². The molecule has 0 amide bonds. The summed E-state index contributed by atoms with van der Waals surface area (Å²) in [5.74, 6) is 2.14. The molecule has 1 aromatic rings. The van der Waals surface area contributed by atoms with Crippen LogP contribution in [0.1, 0.15) is 31.4 Å². The Labute approximate surface area is 66.8 Å². The fourth-order valence-electron chi connectivity index (χ4n) is 0.824. The van der Waals surface area contributed by atoms with Crippen LogP contribution < -0.4 is 5.32 Å². The Bertz CT molecular complexity index is 218. The van der Waals surface area contributed by atoms with Crippen LogP contribution in [0, 0.1) is 0 Å². The van der Waals surface area contributed by atoms with Crippen LogP contribution in [-0.4, -0.2) is 12.0 Å². The Morgan fingerprint density at radius 1 is 1.64 bits per heavy atom. The second-order valence-electron chi connectivity index (χ2n) is 2.84. The van der Waals surface area contributed by atoms with Crippen LogP contribution in [0.25, 0.3) is 0 Å². The molecule has 0 unspecified atom stereocenters. The van der Waals surface area contributed by atoms with Gasteiger partial charge in [-0.05, 0) is 7.05 Å². The quantitative estimate of drug-likeness (QED) is 0.717. The lowest BCUT2D eigenvalue weighted by Gasteiger charge is -1.96. The smallest absolute Gasteiger partial charge is 0.208 e. The molecule has 1 N–H and O–H groups in total. The summed E-state index contributed by atoms with van der Waals surface area (Å²) >= 11 is 0. The van der Waals surface area contributed by atoms with E-state index in [1.165, 1.54) is 0 Å². The number of aromatic nitrogens is 1. The minimum absolute atomic E-state index is 0.424. The standard InChI is InChI=1S/C8H14N2O/c1-6(2)7-4-10-8(11-7)5-9-3/h4,6,9H,5H2,1-3H3. The number of rotatable bonds is 3. The minimum atomic E-state index is 0.424. The van der Waals surface area contributed by atoms with Gasteiger partial charge in [-0.3, -0.25) is 0 Å². The van der Waals surface area contributed by atoms with E-state index in [4.69, 9.17) is 4.42 Å². The molecule has 0 radical (unpaired) electrons. The van der Waals surface area contributed by atoms with Crippen LogP contribution in [0.3, 0.4) is 0 Å². The number of nitrogens with zero attached hydrogens (tertiary/aromatic N) is 1. The third kappa shape index (κ3) is 2.05. The minimum Gasteiger partial charge on any atom is -0.444 e. The number of nitrogens with one attached hydrogen (secondary N) is 1. The van der Waals surface area contributed by atoms with E-state index in [0.717, 1.165) is 11.7 Å². The van der Waals surface area contributed by atoms with Gasteiger partial charge in [0.1, 0.15) is 5.76 Å². The molecule has 0 saturated carbocycles. The highest BCUT2D eigenvalue weighted by Gasteiger charge is 2.05. The van der Waals surface area contributed by atoms with Crippen LogP contribution in [-0.2, 0) is 6.54 Å². The molecule has 1 heterocycles. The highest BCUT2D eigenvalue weighted by atomic mass is 16.4. The zero-order valence-electron chi connectivity index (χ0n) is 7.22. The average molecular weight is 154 g/mol. The summed E-state index contributed by atoms with van der Waals surface area (Å²) in [4.78, 5) is 4.10. The monoisotopic (exact) mass is 154 g/mol. The molecule has 0 aliphatic rings. The highest BCUT2D eigenvalue weighted by Crippen LogP contribution is 2.14. The van der Waals surface area contributed by atoms with Gasteiger partial charge in [-0.25, -0.2) is 4.98 Å². The van der Waals surface area contributed by atoms with E-state index in [2.05, 4.69) is 24.1 Å². The number of oxazole rings is 1. The van der Waals surface area contributed by atoms with Crippen molar-refractivity contribution in [1.29, 1.82) is 0 Å². The zero-order chi connectivity index (χ0) is 8.27. The number of hydrogen-bond donors (Lipinski definition) is 1. The molecular weight excluding hydrogens is 140 g/mol. The maximum Gasteiger partial charge on any atom is 0.208 e. The lowest BCUT2D eigenvalue weighted by atomic mass is 10.2. The Balaban J connectivity index is 2.66. The maximum absolute atomic E-state index is 5.41. The van der Waals surface area contributed by atoms with E-state index in [1.54, 1.807) is 6.20 Å². The van der Waals surface area contributed by atoms with Gasteiger partial charge in [0.05, 0.1) is 12.7 Å². The van der Waals surface area contributed by atoms with Crippen LogP contribution in [0.5, 0.6) is 0 Å². The van der Waals surface area contributed by atoms with E-state index >= 15 is 0 Å². The van der Waals surface area contributed by atoms with Gasteiger partial charge in [0, 0.05) is 5.92 Å². The largest absolute Gasteiger partial charge is 0.444 e. The summed E-state index contributed by atoms with van der Waals surface area (Å²) in [5, 5.41) is 2.98. The Kier molecular flexibility index (Phi) is 2.65. The van der Waals surface area contributed by atoms with Gasteiger partial charge in [-0.15, -0.1) is 0 Å². The summed E-state index contributed by atoms with van der Waals surface area (Å²) in [6.07, 6.45) is 1.79. The van der Waals surface area contributed by atoms with Crippen LogP contribution >= 0.6 is 0 Å². The molecule has 0 aliphatic carbocycles. The third-order valence-electron chi connectivity index (χ3n) is 1.47. The van der Waals surface area contributed by atoms with Gasteiger partial charge >= 0.3 is 0 Å². The first-order valence-corrected chi connectivity index (χ1v) is 3.83. The Morgan fingerprint density at radius 2 is 2.36 bits per heavy atom. The van der Waals surface area contributed by atoms with Crippen molar-refractivity contribution in [2.45, 2.75) is 26.3 Å². The first-order chi connectivity index (χ1) is 5.24. The Hall–Kier alpha value is -0.830. The fraction of sp³-hybridized carbons (Fsp3) is 0.625. The van der Waals surface area contributed by atoms with E-state index in [-0.39, 0.29) is 0 Å². The summed E-state index contributed by atoms with van der Waals surface area (Å²) < 4.78 is 5.41. The third-order valence-corrected chi connectivity index (χ3v) is 1.47. The predicted octanol–water partition coefficient (Wildman–Crippen LogP) is 1.52. The zero-order valence-corrected chi connectivity index (χ0v) is 7.22. The highest BCUT2D eigenvalue weighted by molar-refractivity contribution is 4.98. The van der Waals surface area contributed by atoms with Crippen LogP contribution in [0.15, 0.2) is 10.6 Å². The molecule has 0 atom stereocenters. The summed E-state index contributed by atoms with van der Waals surface area (Å²) in [5.41, 5.74) is 0. The van der Waals surface area contributed by atoms with E-state index in [1.807, 2.05) is 7.05 Å². The molecule has 0 bridgehead atoms. The van der Waals surface area contributed by atoms with Crippen molar-refractivity contribution in [3.63, 3.8) is 0 Å². The van der Waals surface area contributed by atoms with Gasteiger partial charge in [0.2, 0.25) is 5.89 Å². The molecule has 3 heteroatoms. The van der Waals surface area contributed by atoms with E-state index < -0.39 is 0 Å². The molecule has 0 aromatic carbocycles. The average Bonchev–Trinajstić information content (AvgIpc) is 2.37. The maximum atomic E-state index is 5.41. The molecular formula is C8H14N2O. The predicted molar refractivity (Wildman–Crippen MR) is 43.4 cm³/mol. The SMILES string of the molecule is CNCc1ncc(C(C)C)o1. The van der Waals surface area contributed by atoms with Crippen molar-refractivity contribution >= 4 is 0 Å². The van der Waals surface area contributed by atoms with E-state index in [0.29, 0.717) is 12.5 Å². The van der Waals surface area contributed by atoms with Crippen molar-refractivity contribution in [1.82, 2.24) is 10.3 Å². The van der Waals surface area contributed by atoms with Gasteiger partial charge < -0.3 is 9.73 Å². The molecule has 0 spiro atoms. The first-order valence-electron chi connectivity index (χ1n) is 3.83. The van der Waals surface area contributed by atoms with Crippen molar-refractivity contribution in [3.8, 4) is 0 Å². The Morgan fingerprint density at radius 3 is 2.82 bits per heavy atom. The van der Waals surface area contributed by atoms with Gasteiger partial charge in [0.25, 0.3) is 0 Å². The molecule has 0 fully saturated rings. The van der Waals surface area contributed by atoms with Gasteiger partial charge in [-0.2, -0.15) is 0 Å². The molecule has 1 aromatic heterocycles. The molecule has 0 saturated heterocycles. The van der Waals surface area contributed by atoms with Crippen molar-refractivity contribution in [3.05, 3.63) is 17.8 Å². The summed E-state index contributed by atoms with van der Waals surface area (Å²) in [6, 6.07) is 0. The molecule has 0 aliphatic heterocycles. The molecule has 3 nitrogen and oxygen atoms in total. The number of hydrogen-bond acceptors (Lipinski definition) is 3. The van der Waals surface area contributed by atoms with Crippen molar-refractivity contribution in [2.24, 2.45) is 0 Å². The molecule has 11 heavy (non-hydrogen) atoms. The van der Waals surface area contributed by atoms with Gasteiger partial charge in [0.15, 0.2) is 0 Å². The lowest BCUT2D eigenvalue weighted by Crippen LogP contribution is -2.04. The van der Waals surface area contributed by atoms with Gasteiger partial charge in [-0.1, -0.05) is 13.8 Å². The lowest BCUT2D eigenvalue weighted by molar-refractivity contribution is 0.430.